The monoisotopic (exact) mass is 580 g/mol. The van der Waals surface area contributed by atoms with E-state index >= 15 is 0 Å². The van der Waals surface area contributed by atoms with Crippen molar-refractivity contribution < 1.29 is 36.2 Å². The van der Waals surface area contributed by atoms with E-state index in [4.69, 9.17) is 9.84 Å². The zero-order valence-electron chi connectivity index (χ0n) is 21.5. The van der Waals surface area contributed by atoms with Crippen molar-refractivity contribution in [1.82, 2.24) is 20.3 Å². The molecule has 1 saturated heterocycles. The number of urea groups is 1. The summed E-state index contributed by atoms with van der Waals surface area (Å²) in [5, 5.41) is 13.4. The number of alkyl halides is 3. The molecule has 2 aromatic carbocycles. The van der Waals surface area contributed by atoms with Crippen molar-refractivity contribution in [2.45, 2.75) is 30.1 Å². The number of anilines is 2. The predicted molar refractivity (Wildman–Crippen MR) is 141 cm³/mol. The number of carbonyl (C=O) groups is 1. The Hall–Kier alpha value is -3.82. The largest absolute Gasteiger partial charge is 0.416 e. The standard InChI is InChI=1S/C25H27F3N6O5S/c1-15-14-39-12-11-34(15)23-32-21(31-22(33-23)18-5-3-4-6-19(18)40(2,37)38)16-7-9-17(10-8-16)30-24(36)29-13-20(35)25(26,27)28/h3-10,15,20,35H,11-14H2,1-2H3,(H2,29,30,36). The third kappa shape index (κ3) is 7.03. The zero-order valence-corrected chi connectivity index (χ0v) is 22.3. The molecule has 1 fully saturated rings. The van der Waals surface area contributed by atoms with Gasteiger partial charge in [-0.05, 0) is 43.3 Å². The molecule has 1 aromatic heterocycles. The fraction of sp³-hybridized carbons (Fsp3) is 0.360. The van der Waals surface area contributed by atoms with E-state index in [1.54, 1.807) is 30.3 Å². The van der Waals surface area contributed by atoms with Crippen LogP contribution in [0.3, 0.4) is 0 Å². The number of amides is 2. The van der Waals surface area contributed by atoms with E-state index in [1.807, 2.05) is 17.1 Å². The van der Waals surface area contributed by atoms with Crippen LogP contribution >= 0.6 is 0 Å². The maximum atomic E-state index is 12.5. The smallest absolute Gasteiger partial charge is 0.382 e. The maximum absolute atomic E-state index is 12.5. The summed E-state index contributed by atoms with van der Waals surface area (Å²) in [6, 6.07) is 11.6. The topological polar surface area (TPSA) is 147 Å². The number of rotatable bonds is 7. The highest BCUT2D eigenvalue weighted by atomic mass is 32.2. The highest BCUT2D eigenvalue weighted by Crippen LogP contribution is 2.29. The summed E-state index contributed by atoms with van der Waals surface area (Å²) < 4.78 is 67.8. The molecule has 2 atom stereocenters. The van der Waals surface area contributed by atoms with Crippen molar-refractivity contribution in [2.24, 2.45) is 0 Å². The number of hydrogen-bond donors (Lipinski definition) is 3. The van der Waals surface area contributed by atoms with Gasteiger partial charge in [0.25, 0.3) is 0 Å². The van der Waals surface area contributed by atoms with Gasteiger partial charge in [0.1, 0.15) is 0 Å². The van der Waals surface area contributed by atoms with Crippen LogP contribution < -0.4 is 15.5 Å². The number of morpholine rings is 1. The van der Waals surface area contributed by atoms with Crippen molar-refractivity contribution >= 4 is 27.5 Å². The minimum atomic E-state index is -4.85. The van der Waals surface area contributed by atoms with E-state index in [2.05, 4.69) is 20.3 Å². The van der Waals surface area contributed by atoms with Crippen LogP contribution in [0.15, 0.2) is 53.4 Å². The van der Waals surface area contributed by atoms with Crippen LogP contribution in [0.1, 0.15) is 6.92 Å². The van der Waals surface area contributed by atoms with Crippen molar-refractivity contribution in [3.8, 4) is 22.8 Å². The quantitative estimate of drug-likeness (QED) is 0.384. The lowest BCUT2D eigenvalue weighted by atomic mass is 10.1. The van der Waals surface area contributed by atoms with E-state index in [0.717, 1.165) is 6.26 Å². The maximum Gasteiger partial charge on any atom is 0.416 e. The molecule has 2 unspecified atom stereocenters. The average Bonchev–Trinajstić information content (AvgIpc) is 2.91. The normalized spacial score (nSPS) is 16.9. The Morgan fingerprint density at radius 2 is 1.80 bits per heavy atom. The molecule has 2 amide bonds. The highest BCUT2D eigenvalue weighted by molar-refractivity contribution is 7.90. The zero-order chi connectivity index (χ0) is 29.1. The molecule has 1 aliphatic rings. The van der Waals surface area contributed by atoms with Gasteiger partial charge < -0.3 is 25.4 Å². The molecule has 3 N–H and O–H groups in total. The van der Waals surface area contributed by atoms with Gasteiger partial charge in [0.2, 0.25) is 5.95 Å². The molecule has 11 nitrogen and oxygen atoms in total. The van der Waals surface area contributed by atoms with Gasteiger partial charge in [-0.3, -0.25) is 0 Å². The van der Waals surface area contributed by atoms with Gasteiger partial charge in [-0.15, -0.1) is 0 Å². The Morgan fingerprint density at radius 3 is 2.45 bits per heavy atom. The summed E-state index contributed by atoms with van der Waals surface area (Å²) in [5.41, 5.74) is 1.09. The second-order valence-corrected chi connectivity index (χ2v) is 11.1. The molecule has 4 rings (SSSR count). The predicted octanol–water partition coefficient (Wildman–Crippen LogP) is 2.88. The molecule has 1 aliphatic heterocycles. The van der Waals surface area contributed by atoms with Gasteiger partial charge in [0.15, 0.2) is 27.6 Å². The number of nitrogens with zero attached hydrogens (tertiary/aromatic N) is 4. The molecule has 0 spiro atoms. The molecule has 2 heterocycles. The minimum absolute atomic E-state index is 0.0528. The summed E-state index contributed by atoms with van der Waals surface area (Å²) in [6.45, 7) is 2.38. The molecule has 0 bridgehead atoms. The Labute approximate surface area is 228 Å². The summed E-state index contributed by atoms with van der Waals surface area (Å²) >= 11 is 0. The lowest BCUT2D eigenvalue weighted by Crippen LogP contribution is -2.44. The van der Waals surface area contributed by atoms with Gasteiger partial charge in [0.05, 0.1) is 30.7 Å². The number of halogens is 3. The van der Waals surface area contributed by atoms with E-state index in [0.29, 0.717) is 36.8 Å². The van der Waals surface area contributed by atoms with Gasteiger partial charge in [-0.1, -0.05) is 12.1 Å². The van der Waals surface area contributed by atoms with Gasteiger partial charge in [0, 0.05) is 29.6 Å². The van der Waals surface area contributed by atoms with E-state index in [9.17, 15) is 26.4 Å². The molecular formula is C25H27F3N6O5S. The average molecular weight is 581 g/mol. The summed E-state index contributed by atoms with van der Waals surface area (Å²) in [6.07, 6.45) is -6.43. The van der Waals surface area contributed by atoms with Crippen LogP contribution in [-0.4, -0.2) is 85.4 Å². The lowest BCUT2D eigenvalue weighted by Gasteiger charge is -2.33. The van der Waals surface area contributed by atoms with Crippen molar-refractivity contribution in [3.05, 3.63) is 48.5 Å². The van der Waals surface area contributed by atoms with E-state index < -0.39 is 34.7 Å². The number of aromatic nitrogens is 3. The Bertz CT molecular complexity index is 1470. The second-order valence-electron chi connectivity index (χ2n) is 9.14. The molecular weight excluding hydrogens is 553 g/mol. The Morgan fingerprint density at radius 1 is 1.12 bits per heavy atom. The Balaban J connectivity index is 1.65. The van der Waals surface area contributed by atoms with Crippen LogP contribution in [0, 0.1) is 0 Å². The van der Waals surface area contributed by atoms with Gasteiger partial charge in [-0.25, -0.2) is 18.2 Å². The number of aliphatic hydroxyl groups excluding tert-OH is 1. The van der Waals surface area contributed by atoms with Crippen LogP contribution in [0.4, 0.5) is 29.6 Å². The highest BCUT2D eigenvalue weighted by Gasteiger charge is 2.38. The van der Waals surface area contributed by atoms with E-state index in [-0.39, 0.29) is 28.3 Å². The molecule has 15 heteroatoms. The van der Waals surface area contributed by atoms with Crippen LogP contribution in [0.5, 0.6) is 0 Å². The number of ether oxygens (including phenoxy) is 1. The van der Waals surface area contributed by atoms with Crippen molar-refractivity contribution in [3.63, 3.8) is 0 Å². The number of carbonyl (C=O) groups excluding carboxylic acids is 1. The molecule has 0 radical (unpaired) electrons. The summed E-state index contributed by atoms with van der Waals surface area (Å²) in [5.74, 6) is 0.736. The van der Waals surface area contributed by atoms with Crippen LogP contribution in [-0.2, 0) is 14.6 Å². The number of benzene rings is 2. The molecule has 214 valence electrons. The molecule has 0 saturated carbocycles. The first kappa shape index (κ1) is 29.2. The Kier molecular flexibility index (Phi) is 8.56. The first-order valence-corrected chi connectivity index (χ1v) is 14.0. The number of sulfone groups is 1. The lowest BCUT2D eigenvalue weighted by molar-refractivity contribution is -0.201. The minimum Gasteiger partial charge on any atom is -0.382 e. The van der Waals surface area contributed by atoms with Crippen molar-refractivity contribution in [1.29, 1.82) is 0 Å². The SMILES string of the molecule is CC1COCCN1c1nc(-c2ccc(NC(=O)NCC(O)C(F)(F)F)cc2)nc(-c2ccccc2S(C)(=O)=O)n1. The third-order valence-electron chi connectivity index (χ3n) is 6.01. The van der Waals surface area contributed by atoms with Crippen molar-refractivity contribution in [2.75, 3.05) is 42.8 Å². The summed E-state index contributed by atoms with van der Waals surface area (Å²) in [4.78, 5) is 27.7. The fourth-order valence-corrected chi connectivity index (χ4v) is 4.81. The first-order valence-electron chi connectivity index (χ1n) is 12.1. The van der Waals surface area contributed by atoms with Gasteiger partial charge in [-0.2, -0.15) is 23.1 Å². The van der Waals surface area contributed by atoms with Gasteiger partial charge >= 0.3 is 12.2 Å². The number of aliphatic hydroxyl groups is 1. The fourth-order valence-electron chi connectivity index (χ4n) is 3.92. The number of hydrogen-bond acceptors (Lipinski definition) is 9. The summed E-state index contributed by atoms with van der Waals surface area (Å²) in [7, 11) is -3.60. The number of nitrogens with one attached hydrogen (secondary N) is 2. The molecule has 40 heavy (non-hydrogen) atoms. The second kappa shape index (κ2) is 11.7. The van der Waals surface area contributed by atoms with Crippen LogP contribution in [0.2, 0.25) is 0 Å². The first-order chi connectivity index (χ1) is 18.8. The molecule has 0 aliphatic carbocycles. The molecule has 3 aromatic rings. The van der Waals surface area contributed by atoms with Crippen LogP contribution in [0.25, 0.3) is 22.8 Å². The third-order valence-corrected chi connectivity index (χ3v) is 7.17. The van der Waals surface area contributed by atoms with E-state index in [1.165, 1.54) is 18.2 Å².